The molecule has 0 aromatic rings. The zero-order valence-corrected chi connectivity index (χ0v) is 14.2. The Morgan fingerprint density at radius 1 is 1.25 bits per heavy atom. The Balaban J connectivity index is 2.32. The molecule has 2 heteroatoms. The zero-order chi connectivity index (χ0) is 15.0. The highest BCUT2D eigenvalue weighted by Crippen LogP contribution is 2.61. The Morgan fingerprint density at radius 3 is 2.50 bits per heavy atom. The highest BCUT2D eigenvalue weighted by molar-refractivity contribution is 5.20. The van der Waals surface area contributed by atoms with Crippen molar-refractivity contribution >= 4 is 0 Å². The molecule has 0 saturated heterocycles. The second-order valence-corrected chi connectivity index (χ2v) is 7.49. The fourth-order valence-corrected chi connectivity index (χ4v) is 4.88. The molecule has 20 heavy (non-hydrogen) atoms. The average Bonchev–Trinajstić information content (AvgIpc) is 2.43. The van der Waals surface area contributed by atoms with Crippen molar-refractivity contribution in [2.45, 2.75) is 66.1 Å². The van der Waals surface area contributed by atoms with Gasteiger partial charge in [-0.05, 0) is 55.3 Å². The molecular formula is C18H32O2. The minimum atomic E-state index is -0.0731. The maximum atomic E-state index is 5.52. The van der Waals surface area contributed by atoms with E-state index in [1.54, 1.807) is 19.8 Å². The van der Waals surface area contributed by atoms with Gasteiger partial charge in [-0.25, -0.2) is 0 Å². The van der Waals surface area contributed by atoms with Crippen LogP contribution >= 0.6 is 0 Å². The van der Waals surface area contributed by atoms with Gasteiger partial charge in [0.2, 0.25) is 0 Å². The first-order valence-electron chi connectivity index (χ1n) is 8.11. The van der Waals surface area contributed by atoms with E-state index in [-0.39, 0.29) is 6.29 Å². The molecule has 0 heterocycles. The van der Waals surface area contributed by atoms with Crippen molar-refractivity contribution in [2.24, 2.45) is 22.7 Å². The van der Waals surface area contributed by atoms with E-state index in [2.05, 4.69) is 33.8 Å². The van der Waals surface area contributed by atoms with E-state index in [1.165, 1.54) is 25.7 Å². The summed E-state index contributed by atoms with van der Waals surface area (Å²) in [6.45, 7) is 9.73. The Labute approximate surface area is 124 Å². The summed E-state index contributed by atoms with van der Waals surface area (Å²) < 4.78 is 11.0. The normalized spacial score (nSPS) is 41.5. The number of allylic oxidation sites excluding steroid dienone is 2. The minimum absolute atomic E-state index is 0.0731. The summed E-state index contributed by atoms with van der Waals surface area (Å²) in [5, 5.41) is 0. The van der Waals surface area contributed by atoms with Crippen molar-refractivity contribution in [1.82, 2.24) is 0 Å². The molecule has 0 N–H and O–H groups in total. The average molecular weight is 280 g/mol. The molecule has 2 aliphatic rings. The highest BCUT2D eigenvalue weighted by Gasteiger charge is 2.53. The number of ether oxygens (including phenoxy) is 2. The highest BCUT2D eigenvalue weighted by atomic mass is 16.7. The third-order valence-corrected chi connectivity index (χ3v) is 6.73. The van der Waals surface area contributed by atoms with Crippen molar-refractivity contribution in [3.63, 3.8) is 0 Å². The number of methoxy groups -OCH3 is 2. The van der Waals surface area contributed by atoms with Crippen LogP contribution in [0.1, 0.15) is 59.8 Å². The van der Waals surface area contributed by atoms with Gasteiger partial charge in [-0.3, -0.25) is 0 Å². The maximum absolute atomic E-state index is 5.52. The molecule has 0 amide bonds. The summed E-state index contributed by atoms with van der Waals surface area (Å²) in [4.78, 5) is 0. The largest absolute Gasteiger partial charge is 0.356 e. The summed E-state index contributed by atoms with van der Waals surface area (Å²) in [7, 11) is 3.52. The van der Waals surface area contributed by atoms with Crippen molar-refractivity contribution < 1.29 is 9.47 Å². The van der Waals surface area contributed by atoms with Crippen LogP contribution in [0.4, 0.5) is 0 Å². The molecule has 0 aromatic carbocycles. The van der Waals surface area contributed by atoms with Gasteiger partial charge in [0.05, 0.1) is 0 Å². The smallest absolute Gasteiger partial charge is 0.157 e. The van der Waals surface area contributed by atoms with E-state index in [1.807, 2.05) is 0 Å². The molecule has 0 aliphatic heterocycles. The Kier molecular flexibility index (Phi) is 4.66. The molecular weight excluding hydrogens is 248 g/mol. The molecule has 0 aromatic heterocycles. The molecule has 2 aliphatic carbocycles. The van der Waals surface area contributed by atoms with Gasteiger partial charge in [-0.2, -0.15) is 0 Å². The molecule has 2 nitrogen and oxygen atoms in total. The summed E-state index contributed by atoms with van der Waals surface area (Å²) >= 11 is 0. The molecule has 0 radical (unpaired) electrons. The Morgan fingerprint density at radius 2 is 1.90 bits per heavy atom. The van der Waals surface area contributed by atoms with Crippen molar-refractivity contribution in [1.29, 1.82) is 0 Å². The first-order chi connectivity index (χ1) is 9.38. The molecule has 1 saturated carbocycles. The quantitative estimate of drug-likeness (QED) is 0.544. The number of rotatable bonds is 4. The maximum Gasteiger partial charge on any atom is 0.157 e. The zero-order valence-electron chi connectivity index (χ0n) is 14.2. The lowest BCUT2D eigenvalue weighted by atomic mass is 9.47. The fourth-order valence-electron chi connectivity index (χ4n) is 4.88. The number of hydrogen-bond donors (Lipinski definition) is 0. The molecule has 0 spiro atoms. The fraction of sp³-hybridized carbons (Fsp3) is 0.889. The lowest BCUT2D eigenvalue weighted by molar-refractivity contribution is -0.157. The van der Waals surface area contributed by atoms with Crippen molar-refractivity contribution in [3.05, 3.63) is 11.6 Å². The standard InChI is InChI=1S/C18H32O2/c1-13-8-7-9-15-17(13,3)11-10-14(2)18(15,4)12-16(19-5)20-6/h8,14-16H,7,9-12H2,1-6H3/t14-,15+,17+,18+/m1/s1. The van der Waals surface area contributed by atoms with Gasteiger partial charge in [0, 0.05) is 20.6 Å². The summed E-state index contributed by atoms with van der Waals surface area (Å²) in [6, 6.07) is 0. The molecule has 0 bridgehead atoms. The van der Waals surface area contributed by atoms with E-state index >= 15 is 0 Å². The van der Waals surface area contributed by atoms with Crippen LogP contribution in [0.2, 0.25) is 0 Å². The van der Waals surface area contributed by atoms with Crippen LogP contribution in [0.3, 0.4) is 0 Å². The number of fused-ring (bicyclic) bond motifs is 1. The molecule has 116 valence electrons. The molecule has 1 fully saturated rings. The third kappa shape index (κ3) is 2.46. The van der Waals surface area contributed by atoms with Gasteiger partial charge in [0.15, 0.2) is 6.29 Å². The van der Waals surface area contributed by atoms with Crippen LogP contribution in [0.5, 0.6) is 0 Å². The Bertz CT molecular complexity index is 372. The Hall–Kier alpha value is -0.340. The van der Waals surface area contributed by atoms with E-state index in [4.69, 9.17) is 9.47 Å². The van der Waals surface area contributed by atoms with Crippen molar-refractivity contribution in [3.8, 4) is 0 Å². The molecule has 2 rings (SSSR count). The van der Waals surface area contributed by atoms with Crippen LogP contribution in [-0.4, -0.2) is 20.5 Å². The second-order valence-electron chi connectivity index (χ2n) is 7.49. The van der Waals surface area contributed by atoms with Crippen LogP contribution < -0.4 is 0 Å². The monoisotopic (exact) mass is 280 g/mol. The van der Waals surface area contributed by atoms with Crippen LogP contribution in [0.25, 0.3) is 0 Å². The van der Waals surface area contributed by atoms with E-state index in [0.717, 1.165) is 18.3 Å². The van der Waals surface area contributed by atoms with Gasteiger partial charge >= 0.3 is 0 Å². The molecule has 4 atom stereocenters. The lowest BCUT2D eigenvalue weighted by Gasteiger charge is -2.58. The van der Waals surface area contributed by atoms with Gasteiger partial charge in [0.1, 0.15) is 0 Å². The predicted octanol–water partition coefficient (Wildman–Crippen LogP) is 4.79. The SMILES string of the molecule is COC(C[C@@]1(C)[C@H](C)CC[C@@]2(C)C(C)=CCC[C@H]12)OC. The van der Waals surface area contributed by atoms with E-state index in [0.29, 0.717) is 10.8 Å². The topological polar surface area (TPSA) is 18.5 Å². The minimum Gasteiger partial charge on any atom is -0.356 e. The first kappa shape index (κ1) is 16.0. The van der Waals surface area contributed by atoms with Crippen LogP contribution in [0, 0.1) is 22.7 Å². The lowest BCUT2D eigenvalue weighted by Crippen LogP contribution is -2.51. The molecule has 0 unspecified atom stereocenters. The van der Waals surface area contributed by atoms with Crippen LogP contribution in [0.15, 0.2) is 11.6 Å². The summed E-state index contributed by atoms with van der Waals surface area (Å²) in [5.41, 5.74) is 2.29. The van der Waals surface area contributed by atoms with Gasteiger partial charge in [-0.1, -0.05) is 32.4 Å². The van der Waals surface area contributed by atoms with Gasteiger partial charge < -0.3 is 9.47 Å². The summed E-state index contributed by atoms with van der Waals surface area (Å²) in [5.74, 6) is 1.48. The van der Waals surface area contributed by atoms with Gasteiger partial charge in [-0.15, -0.1) is 0 Å². The number of hydrogen-bond acceptors (Lipinski definition) is 2. The van der Waals surface area contributed by atoms with Crippen LogP contribution in [-0.2, 0) is 9.47 Å². The van der Waals surface area contributed by atoms with Crippen molar-refractivity contribution in [2.75, 3.05) is 14.2 Å². The summed E-state index contributed by atoms with van der Waals surface area (Å²) in [6.07, 6.45) is 8.60. The third-order valence-electron chi connectivity index (χ3n) is 6.73. The van der Waals surface area contributed by atoms with Gasteiger partial charge in [0.25, 0.3) is 0 Å². The van der Waals surface area contributed by atoms with E-state index < -0.39 is 0 Å². The second kappa shape index (κ2) is 5.81. The van der Waals surface area contributed by atoms with E-state index in [9.17, 15) is 0 Å². The predicted molar refractivity (Wildman–Crippen MR) is 83.5 cm³/mol. The first-order valence-corrected chi connectivity index (χ1v) is 8.11.